The van der Waals surface area contributed by atoms with Gasteiger partial charge in [-0.2, -0.15) is 0 Å². The van der Waals surface area contributed by atoms with Crippen LogP contribution in [-0.2, 0) is 14.3 Å². The molecule has 2 heterocycles. The van der Waals surface area contributed by atoms with Crippen molar-refractivity contribution in [2.75, 3.05) is 24.6 Å². The van der Waals surface area contributed by atoms with Gasteiger partial charge < -0.3 is 15.4 Å². The van der Waals surface area contributed by atoms with Gasteiger partial charge in [0, 0.05) is 18.8 Å². The van der Waals surface area contributed by atoms with Gasteiger partial charge in [-0.15, -0.1) is 11.3 Å². The Balaban J connectivity index is 1.63. The minimum atomic E-state index is -0.912. The van der Waals surface area contributed by atoms with E-state index in [2.05, 4.69) is 10.6 Å². The first-order chi connectivity index (χ1) is 17.0. The number of anilines is 1. The zero-order valence-corrected chi connectivity index (χ0v) is 20.4. The van der Waals surface area contributed by atoms with Gasteiger partial charge in [0.15, 0.2) is 0 Å². The molecule has 0 aliphatic carbocycles. The van der Waals surface area contributed by atoms with Crippen LogP contribution in [0.25, 0.3) is 0 Å². The Bertz CT molecular complexity index is 1140. The summed E-state index contributed by atoms with van der Waals surface area (Å²) in [6.07, 6.45) is 1.84. The zero-order valence-electron chi connectivity index (χ0n) is 19.6. The molecular weight excluding hydrogens is 462 g/mol. The SMILES string of the molecule is Cc1cccc(N(C(=O)CNC(=O)c2cccs2)[C@H](C(=O)NC[C@H]2CCCO2)c2ccccc2)c1. The number of carbonyl (C=O) groups excluding carboxylic acids is 3. The Hall–Kier alpha value is -3.49. The minimum Gasteiger partial charge on any atom is -0.376 e. The monoisotopic (exact) mass is 491 g/mol. The zero-order chi connectivity index (χ0) is 24.6. The largest absolute Gasteiger partial charge is 0.376 e. The topological polar surface area (TPSA) is 87.7 Å². The Morgan fingerprint density at radius 3 is 2.57 bits per heavy atom. The van der Waals surface area contributed by atoms with E-state index in [9.17, 15) is 14.4 Å². The average Bonchev–Trinajstić information content (AvgIpc) is 3.59. The summed E-state index contributed by atoms with van der Waals surface area (Å²) >= 11 is 1.30. The lowest BCUT2D eigenvalue weighted by Gasteiger charge is -2.32. The standard InChI is InChI=1S/C27H29N3O4S/c1-19-8-5-11-21(16-19)30(24(31)18-29-26(32)23-13-7-15-35-23)25(20-9-3-2-4-10-20)27(33)28-17-22-12-6-14-34-22/h2-5,7-11,13,15-16,22,25H,6,12,14,17-18H2,1H3,(H,28,33)(H,29,32)/t22-,25+/m1/s1. The maximum Gasteiger partial charge on any atom is 0.261 e. The second-order valence-corrected chi connectivity index (χ2v) is 9.40. The number of ether oxygens (including phenoxy) is 1. The number of thiophene rings is 1. The summed E-state index contributed by atoms with van der Waals surface area (Å²) in [5, 5.41) is 7.49. The third-order valence-electron chi connectivity index (χ3n) is 5.84. The number of aryl methyl sites for hydroxylation is 1. The van der Waals surface area contributed by atoms with Crippen molar-refractivity contribution < 1.29 is 19.1 Å². The molecule has 1 aliphatic rings. The number of nitrogens with one attached hydrogen (secondary N) is 2. The molecule has 1 aromatic heterocycles. The van der Waals surface area contributed by atoms with Gasteiger partial charge in [-0.3, -0.25) is 19.3 Å². The van der Waals surface area contributed by atoms with Gasteiger partial charge in [0.2, 0.25) is 11.8 Å². The predicted octanol–water partition coefficient (Wildman–Crippen LogP) is 3.86. The molecule has 4 rings (SSSR count). The van der Waals surface area contributed by atoms with E-state index < -0.39 is 6.04 Å². The van der Waals surface area contributed by atoms with Crippen LogP contribution in [0.2, 0.25) is 0 Å². The molecule has 2 aromatic carbocycles. The van der Waals surface area contributed by atoms with Gasteiger partial charge in [-0.05, 0) is 54.5 Å². The molecular formula is C27H29N3O4S. The van der Waals surface area contributed by atoms with Crippen molar-refractivity contribution in [1.29, 1.82) is 0 Å². The number of benzene rings is 2. The highest BCUT2D eigenvalue weighted by Crippen LogP contribution is 2.29. The number of amides is 3. The van der Waals surface area contributed by atoms with E-state index in [4.69, 9.17) is 4.74 Å². The molecule has 3 amide bonds. The van der Waals surface area contributed by atoms with Crippen molar-refractivity contribution in [3.8, 4) is 0 Å². The molecule has 0 radical (unpaired) electrons. The van der Waals surface area contributed by atoms with E-state index >= 15 is 0 Å². The van der Waals surface area contributed by atoms with Crippen LogP contribution >= 0.6 is 11.3 Å². The maximum absolute atomic E-state index is 13.6. The minimum absolute atomic E-state index is 0.0245. The van der Waals surface area contributed by atoms with Crippen LogP contribution in [0.4, 0.5) is 5.69 Å². The van der Waals surface area contributed by atoms with Gasteiger partial charge >= 0.3 is 0 Å². The molecule has 3 aromatic rings. The Morgan fingerprint density at radius 1 is 1.06 bits per heavy atom. The molecule has 182 valence electrons. The normalized spacial score (nSPS) is 15.9. The van der Waals surface area contributed by atoms with Crippen LogP contribution in [0.1, 0.15) is 39.7 Å². The number of nitrogens with zero attached hydrogens (tertiary/aromatic N) is 1. The lowest BCUT2D eigenvalue weighted by molar-refractivity contribution is -0.126. The van der Waals surface area contributed by atoms with Crippen LogP contribution in [0.15, 0.2) is 72.1 Å². The van der Waals surface area contributed by atoms with Gasteiger partial charge in [-0.1, -0.05) is 48.5 Å². The highest BCUT2D eigenvalue weighted by atomic mass is 32.1. The van der Waals surface area contributed by atoms with E-state index in [-0.39, 0.29) is 30.4 Å². The van der Waals surface area contributed by atoms with Crippen molar-refractivity contribution in [2.24, 2.45) is 0 Å². The van der Waals surface area contributed by atoms with Crippen LogP contribution in [-0.4, -0.2) is 43.5 Å². The molecule has 35 heavy (non-hydrogen) atoms. The number of rotatable bonds is 9. The molecule has 7 nitrogen and oxygen atoms in total. The summed E-state index contributed by atoms with van der Waals surface area (Å²) in [7, 11) is 0. The number of hydrogen-bond donors (Lipinski definition) is 2. The van der Waals surface area contributed by atoms with Crippen molar-refractivity contribution in [2.45, 2.75) is 31.9 Å². The fourth-order valence-corrected chi connectivity index (χ4v) is 4.76. The van der Waals surface area contributed by atoms with E-state index in [0.29, 0.717) is 29.3 Å². The molecule has 0 unspecified atom stereocenters. The molecule has 0 bridgehead atoms. The van der Waals surface area contributed by atoms with E-state index in [0.717, 1.165) is 18.4 Å². The summed E-state index contributed by atoms with van der Waals surface area (Å²) in [6.45, 7) is 2.76. The van der Waals surface area contributed by atoms with Crippen molar-refractivity contribution in [3.05, 3.63) is 88.1 Å². The van der Waals surface area contributed by atoms with Crippen molar-refractivity contribution >= 4 is 34.7 Å². The van der Waals surface area contributed by atoms with Crippen LogP contribution in [0.3, 0.4) is 0 Å². The average molecular weight is 492 g/mol. The summed E-state index contributed by atoms with van der Waals surface area (Å²) in [4.78, 5) is 41.7. The second-order valence-electron chi connectivity index (χ2n) is 8.46. The first kappa shape index (κ1) is 24.6. The van der Waals surface area contributed by atoms with Gasteiger partial charge in [-0.25, -0.2) is 0 Å². The smallest absolute Gasteiger partial charge is 0.261 e. The van der Waals surface area contributed by atoms with E-state index in [1.54, 1.807) is 23.6 Å². The maximum atomic E-state index is 13.6. The third kappa shape index (κ3) is 6.35. The van der Waals surface area contributed by atoms with Crippen LogP contribution < -0.4 is 15.5 Å². The molecule has 2 N–H and O–H groups in total. The predicted molar refractivity (Wildman–Crippen MR) is 136 cm³/mol. The number of hydrogen-bond acceptors (Lipinski definition) is 5. The lowest BCUT2D eigenvalue weighted by atomic mass is 10.0. The fourth-order valence-electron chi connectivity index (χ4n) is 4.12. The third-order valence-corrected chi connectivity index (χ3v) is 6.71. The Morgan fingerprint density at radius 2 is 1.89 bits per heavy atom. The number of carbonyl (C=O) groups is 3. The summed E-state index contributed by atoms with van der Waals surface area (Å²) in [6, 6.07) is 19.2. The van der Waals surface area contributed by atoms with Gasteiger partial charge in [0.05, 0.1) is 17.5 Å². The molecule has 0 saturated carbocycles. The first-order valence-electron chi connectivity index (χ1n) is 11.7. The molecule has 8 heteroatoms. The quantitative estimate of drug-likeness (QED) is 0.476. The van der Waals surface area contributed by atoms with Gasteiger partial charge in [0.25, 0.3) is 5.91 Å². The van der Waals surface area contributed by atoms with Gasteiger partial charge in [0.1, 0.15) is 6.04 Å². The molecule has 2 atom stereocenters. The van der Waals surface area contributed by atoms with E-state index in [1.807, 2.05) is 55.5 Å². The Kier molecular flexibility index (Phi) is 8.28. The fraction of sp³-hybridized carbons (Fsp3) is 0.296. The molecule has 1 fully saturated rings. The van der Waals surface area contributed by atoms with Crippen molar-refractivity contribution in [1.82, 2.24) is 10.6 Å². The summed E-state index contributed by atoms with van der Waals surface area (Å²) < 4.78 is 5.66. The lowest BCUT2D eigenvalue weighted by Crippen LogP contribution is -2.48. The Labute approximate surface area is 209 Å². The molecule has 1 aliphatic heterocycles. The molecule has 0 spiro atoms. The van der Waals surface area contributed by atoms with Crippen molar-refractivity contribution in [3.63, 3.8) is 0 Å². The molecule has 1 saturated heterocycles. The summed E-state index contributed by atoms with van der Waals surface area (Å²) in [5.41, 5.74) is 2.22. The first-order valence-corrected chi connectivity index (χ1v) is 12.6. The second kappa shape index (κ2) is 11.8. The highest BCUT2D eigenvalue weighted by Gasteiger charge is 2.33. The highest BCUT2D eigenvalue weighted by molar-refractivity contribution is 7.12. The summed E-state index contributed by atoms with van der Waals surface area (Å²) in [5.74, 6) is -1.01. The van der Waals surface area contributed by atoms with Crippen LogP contribution in [0, 0.1) is 6.92 Å². The van der Waals surface area contributed by atoms with E-state index in [1.165, 1.54) is 16.2 Å². The van der Waals surface area contributed by atoms with Crippen LogP contribution in [0.5, 0.6) is 0 Å².